The average Bonchev–Trinajstić information content (AvgIpc) is 0.829. The molecule has 3 aromatic heterocycles. The highest BCUT2D eigenvalue weighted by molar-refractivity contribution is 7.59. The zero-order valence-electron chi connectivity index (χ0n) is 65.7. The van der Waals surface area contributed by atoms with Crippen molar-refractivity contribution < 1.29 is 93.5 Å². The van der Waals surface area contributed by atoms with Crippen molar-refractivity contribution >= 4 is 173 Å². The molecule has 4 N–H and O–H groups in total. The molecule has 1 aliphatic heterocycles. The van der Waals surface area contributed by atoms with Crippen LogP contribution in [0.5, 0.6) is 0 Å². The summed E-state index contributed by atoms with van der Waals surface area (Å²) in [5.41, 5.74) is 9.66. The second-order valence-corrected chi connectivity index (χ2v) is 27.5. The summed E-state index contributed by atoms with van der Waals surface area (Å²) in [6.45, 7) is 2.01. The molecule has 7 amide bonds. The fourth-order valence-electron chi connectivity index (χ4n) is 11.7. The van der Waals surface area contributed by atoms with Gasteiger partial charge in [-0.25, -0.2) is 45.9 Å². The molecular weight excluding hydrogens is 1700 g/mol. The van der Waals surface area contributed by atoms with Gasteiger partial charge in [0.25, 0.3) is 5.91 Å². The van der Waals surface area contributed by atoms with Crippen LogP contribution >= 0.6 is 75.3 Å². The normalized spacial score (nSPS) is 11.9. The summed E-state index contributed by atoms with van der Waals surface area (Å²) in [7, 11) is 7.21. The zero-order chi connectivity index (χ0) is 85.3. The number of amides is 7. The number of aliphatic hydroxyl groups excluding tert-OH is 1. The molecule has 9 aromatic rings. The van der Waals surface area contributed by atoms with Crippen LogP contribution in [0.15, 0.2) is 151 Å². The molecule has 0 spiro atoms. The molecule has 39 heteroatoms. The number of nitrogens with zero attached hydrogens (tertiary/aromatic N) is 10. The molecule has 0 radical (unpaired) electrons. The number of carbonyl (C=O) groups is 9. The third-order valence-corrected chi connectivity index (χ3v) is 19.9. The van der Waals surface area contributed by atoms with Crippen molar-refractivity contribution in [3.63, 3.8) is 0 Å². The van der Waals surface area contributed by atoms with E-state index in [-0.39, 0.29) is 181 Å². The number of aliphatic hydroxyl groups is 1. The van der Waals surface area contributed by atoms with E-state index in [1.807, 2.05) is 0 Å². The van der Waals surface area contributed by atoms with E-state index in [1.165, 1.54) is 146 Å². The van der Waals surface area contributed by atoms with Crippen molar-refractivity contribution in [2.75, 3.05) is 92.0 Å². The van der Waals surface area contributed by atoms with Gasteiger partial charge in [-0.3, -0.25) is 49.2 Å². The summed E-state index contributed by atoms with van der Waals surface area (Å²) in [6, 6.07) is 28.6. The number of carbonyl (C=O) groups excluding carboxylic acids is 9. The fourth-order valence-corrected chi connectivity index (χ4v) is 12.4. The maximum atomic E-state index is 13.8. The number of rotatable bonds is 29. The maximum Gasteiger partial charge on any atom is 0.412 e. The highest BCUT2D eigenvalue weighted by atomic mass is 35.5. The lowest BCUT2D eigenvalue weighted by Crippen LogP contribution is -2.47. The minimum Gasteiger partial charge on any atom is -0.469 e. The average molecular weight is 1790 g/mol. The van der Waals surface area contributed by atoms with Crippen LogP contribution in [-0.2, 0) is 67.0 Å². The first-order valence-corrected chi connectivity index (χ1v) is 37.5. The number of likely N-dealkylation sites (N-methyl/N-ethyl adjacent to an activating group) is 3. The lowest BCUT2D eigenvalue weighted by Gasteiger charge is -2.30. The fraction of sp³-hybridized carbons (Fsp3) is 0.333. The molecule has 6 aromatic carbocycles. The first kappa shape index (κ1) is 102. The monoisotopic (exact) mass is 1780 g/mol. The van der Waals surface area contributed by atoms with Gasteiger partial charge in [0, 0.05) is 126 Å². The molecule has 3 atom stereocenters. The van der Waals surface area contributed by atoms with Crippen LogP contribution in [0.1, 0.15) is 85.0 Å². The number of halogens is 9. The first-order chi connectivity index (χ1) is 56.0. The standard InChI is InChI=1S/C29H32ClF2N5O4.C26H26ClF2N3O5.C16H21ClFNO4.C10H5FN4O.3H2S/c1-36(26(38)9-6-19-3-2-4-24(32)28(19)30)23(8-10-27(39)37-13-11-33-12-14-37)18-41-29(40)35-25-16-21-15-22(31)7-5-20(21)17-34-25;1-32(23(33)10-7-16-4-3-5-21(29)25(16)27)20(9-11-24(34)36-2)15-37-26(35)31-22-13-18-12-19(28)8-6-17(18)14-30-22;1-19(12(10-20)7-9-15(22)23-2)14(21)8-6-11-4-3-5-13(18)16(11)17;11-8-2-1-6-5-13-9(4-7(6)3-8)10(16)14-15-12;;;/h2-5,7,15-17,23,33H,6,8-14,18H2,1H3,(H,34,35,40);3-6,8,12-14,20H,7,9-11,15H2,1-2H3,(H,30,31,35);3-5,12,20H,6-10H2,1-2H3;1-5H;3*1H2/t23-;20-;12-;;;;/m000..../s1. The van der Waals surface area contributed by atoms with E-state index in [0.717, 1.165) is 13.1 Å². The van der Waals surface area contributed by atoms with Crippen molar-refractivity contribution in [3.05, 3.63) is 229 Å². The zero-order valence-corrected chi connectivity index (χ0v) is 70.9. The molecule has 1 aliphatic rings. The van der Waals surface area contributed by atoms with Gasteiger partial charge in [0.2, 0.25) is 23.6 Å². The van der Waals surface area contributed by atoms with E-state index < -0.39 is 83.1 Å². The highest BCUT2D eigenvalue weighted by Crippen LogP contribution is 2.27. The van der Waals surface area contributed by atoms with Gasteiger partial charge in [0.15, 0.2) is 0 Å². The van der Waals surface area contributed by atoms with Crippen molar-refractivity contribution in [1.29, 1.82) is 0 Å². The van der Waals surface area contributed by atoms with Gasteiger partial charge in [0.1, 0.15) is 65.4 Å². The number of hydrogen-bond donors (Lipinski definition) is 4. The molecule has 1 saturated heterocycles. The Morgan fingerprint density at radius 1 is 0.508 bits per heavy atom. The van der Waals surface area contributed by atoms with E-state index >= 15 is 0 Å². The van der Waals surface area contributed by atoms with Crippen molar-refractivity contribution in [2.24, 2.45) is 5.11 Å². The number of pyridine rings is 3. The van der Waals surface area contributed by atoms with Crippen molar-refractivity contribution in [3.8, 4) is 0 Å². The van der Waals surface area contributed by atoms with E-state index in [1.54, 1.807) is 55.4 Å². The summed E-state index contributed by atoms with van der Waals surface area (Å²) in [5, 5.41) is 24.2. The van der Waals surface area contributed by atoms with E-state index in [2.05, 4.69) is 50.4 Å². The largest absolute Gasteiger partial charge is 0.469 e. The number of methoxy groups -OCH3 is 2. The molecule has 0 saturated carbocycles. The Morgan fingerprint density at radius 3 is 1.24 bits per heavy atom. The van der Waals surface area contributed by atoms with Gasteiger partial charge < -0.3 is 49.0 Å². The lowest BCUT2D eigenvalue weighted by atomic mass is 10.1. The molecule has 120 heavy (non-hydrogen) atoms. The molecule has 27 nitrogen and oxygen atoms in total. The predicted octanol–water partition coefficient (Wildman–Crippen LogP) is 14.9. The van der Waals surface area contributed by atoms with Crippen LogP contribution < -0.4 is 16.0 Å². The first-order valence-electron chi connectivity index (χ1n) is 36.4. The van der Waals surface area contributed by atoms with Crippen LogP contribution in [0, 0.1) is 34.9 Å². The minimum atomic E-state index is -0.835. The summed E-state index contributed by atoms with van der Waals surface area (Å²) >= 11 is 17.9. The number of aryl methyl sites for hydroxylation is 3. The number of piperazine rings is 1. The topological polar surface area (TPSA) is 347 Å². The Bertz CT molecular complexity index is 5070. The van der Waals surface area contributed by atoms with Crippen LogP contribution in [0.3, 0.4) is 0 Å². The Morgan fingerprint density at radius 2 is 0.867 bits per heavy atom. The van der Waals surface area contributed by atoms with Crippen molar-refractivity contribution in [2.45, 2.75) is 95.2 Å². The van der Waals surface area contributed by atoms with E-state index in [9.17, 15) is 74.6 Å². The van der Waals surface area contributed by atoms with Crippen LogP contribution in [-0.4, -0.2) is 193 Å². The Kier molecular flexibility index (Phi) is 43.8. The second kappa shape index (κ2) is 51.7. The van der Waals surface area contributed by atoms with Gasteiger partial charge in [-0.05, 0) is 173 Å². The third-order valence-electron chi connectivity index (χ3n) is 18.6. The molecule has 4 heterocycles. The number of aromatic nitrogens is 3. The highest BCUT2D eigenvalue weighted by Gasteiger charge is 2.28. The molecule has 10 rings (SSSR count). The molecule has 644 valence electrons. The molecule has 0 unspecified atom stereocenters. The van der Waals surface area contributed by atoms with Gasteiger partial charge in [-0.2, -0.15) is 40.5 Å². The Labute approximate surface area is 723 Å². The minimum absolute atomic E-state index is 0. The maximum absolute atomic E-state index is 13.8. The Hall–Kier alpha value is -10.7. The third kappa shape index (κ3) is 32.1. The second-order valence-electron chi connectivity index (χ2n) is 26.3. The number of benzene rings is 6. The number of ether oxygens (including phenoxy) is 4. The predicted molar refractivity (Wildman–Crippen MR) is 457 cm³/mol. The quantitative estimate of drug-likeness (QED) is 0.00845. The summed E-state index contributed by atoms with van der Waals surface area (Å²) in [5.74, 6) is -5.03. The van der Waals surface area contributed by atoms with Crippen LogP contribution in [0.2, 0.25) is 15.1 Å². The number of anilines is 2. The summed E-state index contributed by atoms with van der Waals surface area (Å²) < 4.78 is 101. The van der Waals surface area contributed by atoms with Crippen molar-refractivity contribution in [1.82, 2.24) is 39.9 Å². The van der Waals surface area contributed by atoms with Crippen LogP contribution in [0.4, 0.5) is 47.6 Å². The van der Waals surface area contributed by atoms with Gasteiger partial charge in [-0.15, -0.1) is 0 Å². The van der Waals surface area contributed by atoms with Gasteiger partial charge >= 0.3 is 24.1 Å². The smallest absolute Gasteiger partial charge is 0.412 e. The van der Waals surface area contributed by atoms with Crippen LogP contribution in [0.25, 0.3) is 42.8 Å². The number of esters is 2. The Balaban J connectivity index is 0.000000351. The SMILES string of the molecule is CN(C(=O)CCc1cccc(F)c1Cl)[C@@H](CCC(=O)N1CCNCC1)COC(=O)Nc1cc2cc(F)ccc2cn1.COC(=O)CC[C@@H](CO)N(C)C(=O)CCc1cccc(F)c1Cl.COC(=O)CC[C@@H](COC(=O)Nc1cc2cc(F)ccc2cn1)N(C)C(=O)CCc1cccc(F)c1Cl.S.S.S.[N-]=[N+]=NC(=O)c1cc2cc(F)ccc2cn1. The number of fused-ring (bicyclic) bond motifs is 3. The van der Waals surface area contributed by atoms with E-state index in [0.29, 0.717) is 74.9 Å². The molecule has 0 bridgehead atoms. The molecular formula is C81H90Cl3F6N13O14S3. The summed E-state index contributed by atoms with van der Waals surface area (Å²) in [6.07, 6.45) is 4.76. The number of nitrogens with one attached hydrogen (secondary N) is 3. The van der Waals surface area contributed by atoms with Gasteiger partial charge in [0.05, 0.1) is 54.0 Å². The number of azide groups is 1. The summed E-state index contributed by atoms with van der Waals surface area (Å²) in [4.78, 5) is 130. The lowest BCUT2D eigenvalue weighted by molar-refractivity contribution is -0.142. The van der Waals surface area contributed by atoms with E-state index in [4.69, 9.17) is 49.8 Å². The number of hydrogen-bond acceptors (Lipinski definition) is 18. The molecule has 1 fully saturated rings. The molecule has 0 aliphatic carbocycles. The van der Waals surface area contributed by atoms with Gasteiger partial charge in [-0.1, -0.05) is 71.2 Å².